The van der Waals surface area contributed by atoms with Gasteiger partial charge in [-0.3, -0.25) is 4.79 Å². The van der Waals surface area contributed by atoms with Crippen LogP contribution in [0.3, 0.4) is 0 Å². The highest BCUT2D eigenvalue weighted by Crippen LogP contribution is 2.34. The molecule has 34 heavy (non-hydrogen) atoms. The lowest BCUT2D eigenvalue weighted by atomic mass is 10.1. The molecule has 176 valence electrons. The number of ether oxygens (including phenoxy) is 1. The van der Waals surface area contributed by atoms with Gasteiger partial charge in [-0.15, -0.1) is 11.3 Å². The molecule has 0 bridgehead atoms. The summed E-state index contributed by atoms with van der Waals surface area (Å²) in [6, 6.07) is 20.0. The van der Waals surface area contributed by atoms with Crippen molar-refractivity contribution in [3.8, 4) is 0 Å². The van der Waals surface area contributed by atoms with Crippen molar-refractivity contribution >= 4 is 43.0 Å². The van der Waals surface area contributed by atoms with Crippen LogP contribution in [0.2, 0.25) is 0 Å². The smallest absolute Gasteiger partial charge is 0.266 e. The van der Waals surface area contributed by atoms with Crippen molar-refractivity contribution in [3.05, 3.63) is 94.6 Å². The highest BCUT2D eigenvalue weighted by Gasteiger charge is 2.23. The van der Waals surface area contributed by atoms with E-state index in [1.54, 1.807) is 12.1 Å². The third-order valence-electron chi connectivity index (χ3n) is 5.33. The van der Waals surface area contributed by atoms with Crippen LogP contribution in [0, 0.1) is 5.82 Å². The van der Waals surface area contributed by atoms with Crippen LogP contribution in [0.5, 0.6) is 0 Å². The Morgan fingerprint density at radius 3 is 2.41 bits per heavy atom. The first-order valence-corrected chi connectivity index (χ1v) is 12.7. The van der Waals surface area contributed by atoms with Gasteiger partial charge in [0, 0.05) is 42.0 Å². The summed E-state index contributed by atoms with van der Waals surface area (Å²) < 4.78 is 47.4. The highest BCUT2D eigenvalue weighted by molar-refractivity contribution is 7.89. The van der Waals surface area contributed by atoms with Gasteiger partial charge in [-0.05, 0) is 42.0 Å². The molecule has 0 saturated carbocycles. The average Bonchev–Trinajstić information content (AvgIpc) is 3.20. The van der Waals surface area contributed by atoms with Crippen molar-refractivity contribution in [3.63, 3.8) is 0 Å². The maximum Gasteiger partial charge on any atom is 0.266 e. The Kier molecular flexibility index (Phi) is 7.08. The number of nitrogens with one attached hydrogen (secondary N) is 1. The first-order chi connectivity index (χ1) is 16.3. The van der Waals surface area contributed by atoms with E-state index in [-0.39, 0.29) is 18.0 Å². The second-order valence-electron chi connectivity index (χ2n) is 7.68. The van der Waals surface area contributed by atoms with Crippen molar-refractivity contribution in [2.45, 2.75) is 18.0 Å². The summed E-state index contributed by atoms with van der Waals surface area (Å²) in [5.74, 6) is -0.821. The number of fused-ring (bicyclic) bond motifs is 1. The highest BCUT2D eigenvalue weighted by atomic mass is 32.2. The Bertz CT molecular complexity index is 1420. The van der Waals surface area contributed by atoms with Crippen LogP contribution in [0.4, 0.5) is 10.1 Å². The van der Waals surface area contributed by atoms with Crippen LogP contribution in [0.25, 0.3) is 10.1 Å². The lowest BCUT2D eigenvalue weighted by Gasteiger charge is -2.17. The number of anilines is 1. The van der Waals surface area contributed by atoms with E-state index in [4.69, 9.17) is 4.74 Å². The SMILES string of the molecule is COCc1c(C(=O)Nc2ccc(S(=O)(=O)N(C)Cc3ccccc3)cc2)sc2cccc(F)c12. The van der Waals surface area contributed by atoms with E-state index in [2.05, 4.69) is 5.32 Å². The summed E-state index contributed by atoms with van der Waals surface area (Å²) in [5.41, 5.74) is 1.79. The van der Waals surface area contributed by atoms with Gasteiger partial charge >= 0.3 is 0 Å². The molecule has 4 aromatic rings. The van der Waals surface area contributed by atoms with E-state index in [0.717, 1.165) is 5.56 Å². The quantitative estimate of drug-likeness (QED) is 0.360. The second-order valence-corrected chi connectivity index (χ2v) is 10.8. The van der Waals surface area contributed by atoms with Crippen LogP contribution in [0.15, 0.2) is 77.7 Å². The topological polar surface area (TPSA) is 75.7 Å². The fourth-order valence-electron chi connectivity index (χ4n) is 3.64. The molecule has 0 aliphatic heterocycles. The van der Waals surface area contributed by atoms with Crippen molar-refractivity contribution in [2.75, 3.05) is 19.5 Å². The Hall–Kier alpha value is -3.11. The molecule has 0 aliphatic carbocycles. The van der Waals surface area contributed by atoms with E-state index < -0.39 is 21.7 Å². The minimum absolute atomic E-state index is 0.0919. The molecule has 0 radical (unpaired) electrons. The predicted octanol–water partition coefficient (Wildman–Crippen LogP) is 5.26. The van der Waals surface area contributed by atoms with Crippen LogP contribution in [-0.2, 0) is 27.9 Å². The lowest BCUT2D eigenvalue weighted by Crippen LogP contribution is -2.26. The Labute approximate surface area is 201 Å². The Morgan fingerprint density at radius 1 is 1.03 bits per heavy atom. The zero-order valence-corrected chi connectivity index (χ0v) is 20.3. The zero-order valence-electron chi connectivity index (χ0n) is 18.6. The normalized spacial score (nSPS) is 11.8. The number of hydrogen-bond donors (Lipinski definition) is 1. The molecule has 0 aliphatic rings. The van der Waals surface area contributed by atoms with Crippen LogP contribution >= 0.6 is 11.3 Å². The number of nitrogens with zero attached hydrogens (tertiary/aromatic N) is 1. The second kappa shape index (κ2) is 10.0. The van der Waals surface area contributed by atoms with Gasteiger partial charge in [0.2, 0.25) is 10.0 Å². The van der Waals surface area contributed by atoms with E-state index >= 15 is 0 Å². The summed E-state index contributed by atoms with van der Waals surface area (Å²) in [5, 5.41) is 3.15. The van der Waals surface area contributed by atoms with Gasteiger partial charge in [0.1, 0.15) is 5.82 Å². The first kappa shape index (κ1) is 24.0. The molecular weight excluding hydrogens is 475 g/mol. The minimum Gasteiger partial charge on any atom is -0.380 e. The monoisotopic (exact) mass is 498 g/mol. The fourth-order valence-corrected chi connectivity index (χ4v) is 5.91. The molecule has 0 spiro atoms. The van der Waals surface area contributed by atoms with E-state index in [0.29, 0.717) is 26.2 Å². The third-order valence-corrected chi connectivity index (χ3v) is 8.34. The van der Waals surface area contributed by atoms with Crippen LogP contribution < -0.4 is 5.32 Å². The fraction of sp³-hybridized carbons (Fsp3) is 0.160. The number of benzene rings is 3. The molecule has 0 atom stereocenters. The number of methoxy groups -OCH3 is 1. The van der Waals surface area contributed by atoms with Gasteiger partial charge < -0.3 is 10.1 Å². The first-order valence-electron chi connectivity index (χ1n) is 10.4. The molecule has 1 amide bonds. The van der Waals surface area contributed by atoms with Crippen molar-refractivity contribution in [1.82, 2.24) is 4.31 Å². The molecule has 0 unspecified atom stereocenters. The Balaban J connectivity index is 1.53. The van der Waals surface area contributed by atoms with E-state index in [1.807, 2.05) is 30.3 Å². The molecule has 9 heteroatoms. The molecule has 0 fully saturated rings. The summed E-state index contributed by atoms with van der Waals surface area (Å²) >= 11 is 1.18. The Morgan fingerprint density at radius 2 is 1.74 bits per heavy atom. The summed E-state index contributed by atoms with van der Waals surface area (Å²) in [7, 11) is -0.696. The molecule has 3 aromatic carbocycles. The van der Waals surface area contributed by atoms with Crippen LogP contribution in [0.1, 0.15) is 20.8 Å². The minimum atomic E-state index is -3.71. The van der Waals surface area contributed by atoms with Gasteiger partial charge in [-0.1, -0.05) is 36.4 Å². The van der Waals surface area contributed by atoms with Crippen molar-refractivity contribution in [1.29, 1.82) is 0 Å². The number of thiophene rings is 1. The summed E-state index contributed by atoms with van der Waals surface area (Å²) in [4.78, 5) is 13.4. The number of carbonyl (C=O) groups is 1. The molecule has 4 rings (SSSR count). The van der Waals surface area contributed by atoms with Crippen molar-refractivity contribution < 1.29 is 22.3 Å². The maximum atomic E-state index is 14.4. The maximum absolute atomic E-state index is 14.4. The largest absolute Gasteiger partial charge is 0.380 e. The average molecular weight is 499 g/mol. The molecule has 0 saturated heterocycles. The molecular formula is C25H23FN2O4S2. The molecule has 6 nitrogen and oxygen atoms in total. The van der Waals surface area contributed by atoms with Gasteiger partial charge in [0.15, 0.2) is 0 Å². The molecule has 1 N–H and O–H groups in total. The van der Waals surface area contributed by atoms with Crippen LogP contribution in [-0.4, -0.2) is 32.8 Å². The molecule has 1 heterocycles. The van der Waals surface area contributed by atoms with E-state index in [9.17, 15) is 17.6 Å². The summed E-state index contributed by atoms with van der Waals surface area (Å²) in [6.07, 6.45) is 0. The van der Waals surface area contributed by atoms with Gasteiger partial charge in [-0.25, -0.2) is 12.8 Å². The number of carbonyl (C=O) groups excluding carboxylic acids is 1. The zero-order chi connectivity index (χ0) is 24.3. The van der Waals surface area contributed by atoms with E-state index in [1.165, 1.54) is 60.1 Å². The predicted molar refractivity (Wildman–Crippen MR) is 132 cm³/mol. The third kappa shape index (κ3) is 4.88. The van der Waals surface area contributed by atoms with Gasteiger partial charge in [0.05, 0.1) is 16.4 Å². The summed E-state index contributed by atoms with van der Waals surface area (Å²) in [6.45, 7) is 0.334. The number of hydrogen-bond acceptors (Lipinski definition) is 5. The van der Waals surface area contributed by atoms with Gasteiger partial charge in [0.25, 0.3) is 5.91 Å². The van der Waals surface area contributed by atoms with Gasteiger partial charge in [-0.2, -0.15) is 4.31 Å². The number of rotatable bonds is 8. The lowest BCUT2D eigenvalue weighted by molar-refractivity contribution is 0.102. The number of sulfonamides is 1. The van der Waals surface area contributed by atoms with Crippen molar-refractivity contribution in [2.24, 2.45) is 0 Å². The molecule has 1 aromatic heterocycles. The standard InChI is InChI=1S/C25H23FN2O4S2/c1-28(15-17-7-4-3-5-8-17)34(30,31)19-13-11-18(12-14-19)27-25(29)24-20(16-32-2)23-21(26)9-6-10-22(23)33-24/h3-14H,15-16H2,1-2H3,(H,27,29). The number of amides is 1. The number of halogens is 1.